The SMILES string of the molecule is CSC1(CNS(=O)(=O)c2ccc(N)cc2Br)CC1. The molecule has 1 aromatic carbocycles. The van der Waals surface area contributed by atoms with Crippen LogP contribution in [0.5, 0.6) is 0 Å². The van der Waals surface area contributed by atoms with Gasteiger partial charge in [0.2, 0.25) is 10.0 Å². The molecule has 1 saturated carbocycles. The third-order valence-corrected chi connectivity index (χ3v) is 6.87. The Labute approximate surface area is 120 Å². The molecule has 0 aromatic heterocycles. The van der Waals surface area contributed by atoms with Gasteiger partial charge in [-0.2, -0.15) is 11.8 Å². The summed E-state index contributed by atoms with van der Waals surface area (Å²) < 4.78 is 27.6. The Morgan fingerprint density at radius 1 is 1.50 bits per heavy atom. The van der Waals surface area contributed by atoms with Crippen LogP contribution in [-0.4, -0.2) is 26.0 Å². The van der Waals surface area contributed by atoms with Crippen LogP contribution in [0.25, 0.3) is 0 Å². The molecule has 0 amide bonds. The average molecular weight is 351 g/mol. The van der Waals surface area contributed by atoms with Crippen molar-refractivity contribution in [3.05, 3.63) is 22.7 Å². The summed E-state index contributed by atoms with van der Waals surface area (Å²) in [4.78, 5) is 0.230. The fraction of sp³-hybridized carbons (Fsp3) is 0.455. The Bertz CT molecular complexity index is 556. The third kappa shape index (κ3) is 3.01. The van der Waals surface area contributed by atoms with E-state index in [0.717, 1.165) is 12.8 Å². The smallest absolute Gasteiger partial charge is 0.241 e. The van der Waals surface area contributed by atoms with Crippen molar-refractivity contribution in [2.45, 2.75) is 22.5 Å². The van der Waals surface area contributed by atoms with Crippen molar-refractivity contribution < 1.29 is 8.42 Å². The lowest BCUT2D eigenvalue weighted by Crippen LogP contribution is -2.31. The Hall–Kier alpha value is -0.240. The zero-order chi connectivity index (χ0) is 13.4. The fourth-order valence-electron chi connectivity index (χ4n) is 1.63. The first-order valence-electron chi connectivity index (χ1n) is 5.48. The molecule has 0 aliphatic heterocycles. The Morgan fingerprint density at radius 3 is 2.67 bits per heavy atom. The van der Waals surface area contributed by atoms with Gasteiger partial charge in [-0.3, -0.25) is 0 Å². The number of nitrogen functional groups attached to an aromatic ring is 1. The van der Waals surface area contributed by atoms with E-state index in [2.05, 4.69) is 20.7 Å². The zero-order valence-electron chi connectivity index (χ0n) is 9.94. The van der Waals surface area contributed by atoms with Crippen molar-refractivity contribution in [2.75, 3.05) is 18.5 Å². The molecule has 1 aliphatic rings. The maximum absolute atomic E-state index is 12.2. The summed E-state index contributed by atoms with van der Waals surface area (Å²) in [6, 6.07) is 4.69. The van der Waals surface area contributed by atoms with Gasteiger partial charge in [0.15, 0.2) is 0 Å². The molecular weight excluding hydrogens is 336 g/mol. The number of rotatable bonds is 5. The van der Waals surface area contributed by atoms with Crippen LogP contribution in [0, 0.1) is 0 Å². The van der Waals surface area contributed by atoms with Gasteiger partial charge in [0, 0.05) is 21.5 Å². The van der Waals surface area contributed by atoms with E-state index >= 15 is 0 Å². The molecule has 18 heavy (non-hydrogen) atoms. The monoisotopic (exact) mass is 350 g/mol. The van der Waals surface area contributed by atoms with Crippen molar-refractivity contribution in [1.29, 1.82) is 0 Å². The number of hydrogen-bond donors (Lipinski definition) is 2. The summed E-state index contributed by atoms with van der Waals surface area (Å²) in [5.41, 5.74) is 6.13. The highest BCUT2D eigenvalue weighted by Crippen LogP contribution is 2.46. The summed E-state index contributed by atoms with van der Waals surface area (Å²) in [5, 5.41) is 0. The van der Waals surface area contributed by atoms with Crippen molar-refractivity contribution in [2.24, 2.45) is 0 Å². The van der Waals surface area contributed by atoms with Crippen molar-refractivity contribution in [3.8, 4) is 0 Å². The number of sulfonamides is 1. The lowest BCUT2D eigenvalue weighted by atomic mass is 10.3. The van der Waals surface area contributed by atoms with E-state index in [9.17, 15) is 8.42 Å². The summed E-state index contributed by atoms with van der Waals surface area (Å²) in [6.45, 7) is 0.479. The van der Waals surface area contributed by atoms with Gasteiger partial charge in [-0.15, -0.1) is 0 Å². The molecule has 100 valence electrons. The van der Waals surface area contributed by atoms with Crippen molar-refractivity contribution >= 4 is 43.4 Å². The summed E-state index contributed by atoms with van der Waals surface area (Å²) >= 11 is 4.95. The van der Waals surface area contributed by atoms with Crippen LogP contribution >= 0.6 is 27.7 Å². The number of hydrogen-bond acceptors (Lipinski definition) is 4. The van der Waals surface area contributed by atoms with Gasteiger partial charge in [0.1, 0.15) is 0 Å². The van der Waals surface area contributed by atoms with Crippen LogP contribution in [0.1, 0.15) is 12.8 Å². The van der Waals surface area contributed by atoms with Crippen LogP contribution in [0.4, 0.5) is 5.69 Å². The second-order valence-corrected chi connectivity index (χ2v) is 8.27. The van der Waals surface area contributed by atoms with Gasteiger partial charge in [0.25, 0.3) is 0 Å². The van der Waals surface area contributed by atoms with Gasteiger partial charge >= 0.3 is 0 Å². The lowest BCUT2D eigenvalue weighted by Gasteiger charge is -2.14. The second-order valence-electron chi connectivity index (χ2n) is 4.40. The first-order valence-corrected chi connectivity index (χ1v) is 8.98. The van der Waals surface area contributed by atoms with Crippen molar-refractivity contribution in [1.82, 2.24) is 4.72 Å². The molecule has 7 heteroatoms. The number of halogens is 1. The lowest BCUT2D eigenvalue weighted by molar-refractivity contribution is 0.579. The van der Waals surface area contributed by atoms with E-state index in [1.807, 2.05) is 6.26 Å². The zero-order valence-corrected chi connectivity index (χ0v) is 13.2. The fourth-order valence-corrected chi connectivity index (χ4v) is 4.67. The van der Waals surface area contributed by atoms with Gasteiger partial charge < -0.3 is 5.73 Å². The molecular formula is C11H15BrN2O2S2. The maximum Gasteiger partial charge on any atom is 0.241 e. The normalized spacial score (nSPS) is 17.7. The Morgan fingerprint density at radius 2 is 2.17 bits per heavy atom. The van der Waals surface area contributed by atoms with Gasteiger partial charge in [-0.1, -0.05) is 0 Å². The van der Waals surface area contributed by atoms with Crippen LogP contribution in [0.15, 0.2) is 27.6 Å². The second kappa shape index (κ2) is 5.03. The highest BCUT2D eigenvalue weighted by molar-refractivity contribution is 9.10. The van der Waals surface area contributed by atoms with Crippen LogP contribution < -0.4 is 10.5 Å². The largest absolute Gasteiger partial charge is 0.399 e. The van der Waals surface area contributed by atoms with Crippen LogP contribution in [0.2, 0.25) is 0 Å². The minimum atomic E-state index is -3.48. The number of anilines is 1. The molecule has 0 radical (unpaired) electrons. The van der Waals surface area contributed by atoms with E-state index in [-0.39, 0.29) is 9.64 Å². The topological polar surface area (TPSA) is 72.2 Å². The van der Waals surface area contributed by atoms with Gasteiger partial charge in [-0.05, 0) is 53.2 Å². The average Bonchev–Trinajstić information content (AvgIpc) is 3.07. The highest BCUT2D eigenvalue weighted by atomic mass is 79.9. The molecule has 2 rings (SSSR count). The molecule has 0 atom stereocenters. The molecule has 0 heterocycles. The summed E-state index contributed by atoms with van der Waals surface area (Å²) in [6.07, 6.45) is 4.15. The number of thioether (sulfide) groups is 1. The van der Waals surface area contributed by atoms with Gasteiger partial charge in [0.05, 0.1) is 4.90 Å². The molecule has 0 bridgehead atoms. The van der Waals surface area contributed by atoms with Gasteiger partial charge in [-0.25, -0.2) is 13.1 Å². The summed E-state index contributed by atoms with van der Waals surface area (Å²) in [5.74, 6) is 0. The predicted octanol–water partition coefficient (Wildman–Crippen LogP) is 2.21. The minimum absolute atomic E-state index is 0.105. The standard InChI is InChI=1S/C11H15BrN2O2S2/c1-17-11(4-5-11)7-14-18(15,16)10-3-2-8(13)6-9(10)12/h2-3,6,14H,4-5,7,13H2,1H3. The maximum atomic E-state index is 12.2. The Balaban J connectivity index is 2.15. The number of nitrogens with one attached hydrogen (secondary N) is 1. The molecule has 0 spiro atoms. The molecule has 0 saturated heterocycles. The van der Waals surface area contributed by atoms with E-state index in [1.54, 1.807) is 23.9 Å². The quantitative estimate of drug-likeness (QED) is 0.798. The third-order valence-electron chi connectivity index (χ3n) is 3.07. The van der Waals surface area contributed by atoms with E-state index in [0.29, 0.717) is 16.7 Å². The van der Waals surface area contributed by atoms with E-state index in [4.69, 9.17) is 5.73 Å². The molecule has 1 aromatic rings. The molecule has 0 unspecified atom stereocenters. The van der Waals surface area contributed by atoms with Crippen molar-refractivity contribution in [3.63, 3.8) is 0 Å². The van der Waals surface area contributed by atoms with E-state index < -0.39 is 10.0 Å². The number of nitrogens with two attached hydrogens (primary N) is 1. The van der Waals surface area contributed by atoms with E-state index in [1.165, 1.54) is 6.07 Å². The summed E-state index contributed by atoms with van der Waals surface area (Å²) in [7, 11) is -3.48. The molecule has 3 N–H and O–H groups in total. The molecule has 4 nitrogen and oxygen atoms in total. The van der Waals surface area contributed by atoms with Crippen LogP contribution in [-0.2, 0) is 10.0 Å². The first-order chi connectivity index (χ1) is 8.38. The first kappa shape index (κ1) is 14.2. The predicted molar refractivity (Wildman–Crippen MR) is 79.2 cm³/mol. The number of benzene rings is 1. The highest BCUT2D eigenvalue weighted by Gasteiger charge is 2.42. The molecule has 1 fully saturated rings. The Kier molecular flexibility index (Phi) is 3.96. The van der Waals surface area contributed by atoms with Crippen LogP contribution in [0.3, 0.4) is 0 Å². The minimum Gasteiger partial charge on any atom is -0.399 e. The molecule has 1 aliphatic carbocycles.